The number of rotatable bonds is 2. The lowest BCUT2D eigenvalue weighted by molar-refractivity contribution is 0.561. The predicted octanol–water partition coefficient (Wildman–Crippen LogP) is 3.35. The van der Waals surface area contributed by atoms with Gasteiger partial charge >= 0.3 is 0 Å². The van der Waals surface area contributed by atoms with Gasteiger partial charge < -0.3 is 9.40 Å². The second kappa shape index (κ2) is 3.31. The largest absolute Gasteiger partial charge is 0.461 e. The van der Waals surface area contributed by atoms with Gasteiger partial charge in [-0.1, -0.05) is 18.2 Å². The van der Waals surface area contributed by atoms with E-state index >= 15 is 0 Å². The summed E-state index contributed by atoms with van der Waals surface area (Å²) in [6.07, 6.45) is 2.75. The monoisotopic (exact) mass is 197 g/mol. The zero-order valence-electron chi connectivity index (χ0n) is 8.23. The van der Waals surface area contributed by atoms with Gasteiger partial charge in [-0.05, 0) is 24.3 Å². The quantitative estimate of drug-likeness (QED) is 0.670. The first-order chi connectivity index (χ1) is 7.42. The van der Waals surface area contributed by atoms with Crippen LogP contribution >= 0.6 is 0 Å². The van der Waals surface area contributed by atoms with Crippen LogP contribution in [0.15, 0.2) is 53.1 Å². The summed E-state index contributed by atoms with van der Waals surface area (Å²) in [5.74, 6) is 0.999. The molecule has 2 aromatic heterocycles. The average molecular weight is 197 g/mol. The summed E-state index contributed by atoms with van der Waals surface area (Å²) in [6.45, 7) is 0. The highest BCUT2D eigenvalue weighted by Gasteiger charge is 2.03. The van der Waals surface area contributed by atoms with Gasteiger partial charge in [-0.25, -0.2) is 0 Å². The molecule has 15 heavy (non-hydrogen) atoms. The van der Waals surface area contributed by atoms with Crippen molar-refractivity contribution in [3.05, 3.63) is 60.1 Å². The van der Waals surface area contributed by atoms with E-state index in [1.807, 2.05) is 30.5 Å². The van der Waals surface area contributed by atoms with Crippen molar-refractivity contribution in [1.82, 2.24) is 4.98 Å². The van der Waals surface area contributed by atoms with Gasteiger partial charge in [0, 0.05) is 23.7 Å². The number of benzene rings is 1. The molecule has 0 saturated heterocycles. The molecule has 0 spiro atoms. The number of fused-ring (bicyclic) bond motifs is 1. The van der Waals surface area contributed by atoms with Crippen LogP contribution in [0, 0.1) is 0 Å². The van der Waals surface area contributed by atoms with Crippen LogP contribution in [0.3, 0.4) is 0 Å². The summed E-state index contributed by atoms with van der Waals surface area (Å²) >= 11 is 0. The lowest BCUT2D eigenvalue weighted by Crippen LogP contribution is -1.83. The van der Waals surface area contributed by atoms with Crippen molar-refractivity contribution in [2.24, 2.45) is 0 Å². The van der Waals surface area contributed by atoms with E-state index in [1.54, 1.807) is 0 Å². The third kappa shape index (κ3) is 1.54. The Morgan fingerprint density at radius 1 is 1.07 bits per heavy atom. The molecule has 2 nitrogen and oxygen atoms in total. The molecule has 0 bridgehead atoms. The smallest absolute Gasteiger partial charge is 0.134 e. The standard InChI is InChI=1S/C13H11NO/c1-2-6-13-10(4-1)8-12(15-13)9-11-5-3-7-14-11/h1-8,14H,9H2. The first-order valence-corrected chi connectivity index (χ1v) is 5.01. The van der Waals surface area contributed by atoms with Gasteiger partial charge in [0.15, 0.2) is 0 Å². The molecule has 0 aliphatic rings. The Hall–Kier alpha value is -1.96. The molecule has 0 fully saturated rings. The van der Waals surface area contributed by atoms with Gasteiger partial charge in [0.2, 0.25) is 0 Å². The first-order valence-electron chi connectivity index (χ1n) is 5.01. The maximum absolute atomic E-state index is 5.72. The number of hydrogen-bond donors (Lipinski definition) is 1. The minimum Gasteiger partial charge on any atom is -0.461 e. The zero-order valence-corrected chi connectivity index (χ0v) is 8.23. The van der Waals surface area contributed by atoms with Crippen molar-refractivity contribution in [2.75, 3.05) is 0 Å². The minimum absolute atomic E-state index is 0.821. The van der Waals surface area contributed by atoms with E-state index in [1.165, 1.54) is 11.1 Å². The van der Waals surface area contributed by atoms with Crippen LogP contribution in [0.4, 0.5) is 0 Å². The minimum atomic E-state index is 0.821. The Morgan fingerprint density at radius 3 is 2.80 bits per heavy atom. The van der Waals surface area contributed by atoms with Gasteiger partial charge in [-0.3, -0.25) is 0 Å². The topological polar surface area (TPSA) is 28.9 Å². The highest BCUT2D eigenvalue weighted by Crippen LogP contribution is 2.20. The molecular formula is C13H11NO. The normalized spacial score (nSPS) is 10.9. The van der Waals surface area contributed by atoms with Crippen molar-refractivity contribution in [2.45, 2.75) is 6.42 Å². The maximum Gasteiger partial charge on any atom is 0.134 e. The second-order valence-corrected chi connectivity index (χ2v) is 3.62. The molecule has 74 valence electrons. The van der Waals surface area contributed by atoms with Crippen molar-refractivity contribution in [3.8, 4) is 0 Å². The Bertz CT molecular complexity index is 530. The van der Waals surface area contributed by atoms with Gasteiger partial charge in [-0.2, -0.15) is 0 Å². The van der Waals surface area contributed by atoms with Gasteiger partial charge in [0.1, 0.15) is 11.3 Å². The van der Waals surface area contributed by atoms with E-state index in [-0.39, 0.29) is 0 Å². The maximum atomic E-state index is 5.72. The van der Waals surface area contributed by atoms with Gasteiger partial charge in [0.25, 0.3) is 0 Å². The highest BCUT2D eigenvalue weighted by molar-refractivity contribution is 5.77. The fourth-order valence-corrected chi connectivity index (χ4v) is 1.79. The van der Waals surface area contributed by atoms with Crippen molar-refractivity contribution in [3.63, 3.8) is 0 Å². The molecule has 0 amide bonds. The van der Waals surface area contributed by atoms with Crippen LogP contribution in [0.5, 0.6) is 0 Å². The number of hydrogen-bond acceptors (Lipinski definition) is 1. The predicted molar refractivity (Wildman–Crippen MR) is 59.8 cm³/mol. The first kappa shape index (κ1) is 8.36. The Balaban J connectivity index is 1.98. The van der Waals surface area contributed by atoms with Crippen molar-refractivity contribution in [1.29, 1.82) is 0 Å². The molecule has 1 aromatic carbocycles. The van der Waals surface area contributed by atoms with E-state index in [0.717, 1.165) is 17.8 Å². The molecule has 0 aliphatic carbocycles. The molecule has 0 atom stereocenters. The Labute approximate surface area is 87.5 Å². The molecule has 3 rings (SSSR count). The Morgan fingerprint density at radius 2 is 2.00 bits per heavy atom. The molecule has 2 heteroatoms. The second-order valence-electron chi connectivity index (χ2n) is 3.62. The van der Waals surface area contributed by atoms with Gasteiger partial charge in [-0.15, -0.1) is 0 Å². The molecule has 2 heterocycles. The fourth-order valence-electron chi connectivity index (χ4n) is 1.79. The summed E-state index contributed by atoms with van der Waals surface area (Å²) in [7, 11) is 0. The molecule has 0 radical (unpaired) electrons. The number of aromatic amines is 1. The van der Waals surface area contributed by atoms with Crippen LogP contribution < -0.4 is 0 Å². The summed E-state index contributed by atoms with van der Waals surface area (Å²) in [5, 5.41) is 1.17. The molecule has 0 unspecified atom stereocenters. The van der Waals surface area contributed by atoms with Crippen LogP contribution in [0.1, 0.15) is 11.5 Å². The molecular weight excluding hydrogens is 186 g/mol. The summed E-state index contributed by atoms with van der Waals surface area (Å²) in [6, 6.07) is 14.2. The number of para-hydroxylation sites is 1. The summed E-state index contributed by atoms with van der Waals surface area (Å²) < 4.78 is 5.72. The molecule has 0 aliphatic heterocycles. The summed E-state index contributed by atoms with van der Waals surface area (Å²) in [5.41, 5.74) is 2.13. The van der Waals surface area contributed by atoms with Crippen LogP contribution in [-0.4, -0.2) is 4.98 Å². The number of nitrogens with one attached hydrogen (secondary N) is 1. The number of aromatic nitrogens is 1. The fraction of sp³-hybridized carbons (Fsp3) is 0.0769. The van der Waals surface area contributed by atoms with E-state index < -0.39 is 0 Å². The number of H-pyrrole nitrogens is 1. The third-order valence-electron chi connectivity index (χ3n) is 2.50. The van der Waals surface area contributed by atoms with Gasteiger partial charge in [0.05, 0.1) is 0 Å². The average Bonchev–Trinajstić information content (AvgIpc) is 2.86. The third-order valence-corrected chi connectivity index (χ3v) is 2.50. The van der Waals surface area contributed by atoms with E-state index in [0.29, 0.717) is 0 Å². The SMILES string of the molecule is c1c[nH]c(Cc2cc3ccccc3o2)c1. The van der Waals surface area contributed by atoms with E-state index in [4.69, 9.17) is 4.42 Å². The van der Waals surface area contributed by atoms with E-state index in [9.17, 15) is 0 Å². The lowest BCUT2D eigenvalue weighted by Gasteiger charge is -1.91. The van der Waals surface area contributed by atoms with Crippen molar-refractivity contribution >= 4 is 11.0 Å². The van der Waals surface area contributed by atoms with Crippen LogP contribution in [-0.2, 0) is 6.42 Å². The van der Waals surface area contributed by atoms with Crippen LogP contribution in [0.25, 0.3) is 11.0 Å². The zero-order chi connectivity index (χ0) is 10.1. The molecule has 3 aromatic rings. The molecule has 0 saturated carbocycles. The Kier molecular flexibility index (Phi) is 1.85. The molecule has 1 N–H and O–H groups in total. The number of furan rings is 1. The summed E-state index contributed by atoms with van der Waals surface area (Å²) in [4.78, 5) is 3.17. The van der Waals surface area contributed by atoms with Crippen molar-refractivity contribution < 1.29 is 4.42 Å². The lowest BCUT2D eigenvalue weighted by atomic mass is 10.2. The van der Waals surface area contributed by atoms with E-state index in [2.05, 4.69) is 23.2 Å². The van der Waals surface area contributed by atoms with Crippen LogP contribution in [0.2, 0.25) is 0 Å². The highest BCUT2D eigenvalue weighted by atomic mass is 16.3.